The summed E-state index contributed by atoms with van der Waals surface area (Å²) in [6, 6.07) is 0. The number of rotatable bonds is 16. The number of aliphatic carboxylic acids is 2. The van der Waals surface area contributed by atoms with E-state index in [1.807, 2.05) is 0 Å². The number of aliphatic hydroxyl groups excluding tert-OH is 2. The normalized spacial score (nSPS) is 12.8. The quantitative estimate of drug-likeness (QED) is 0.297. The van der Waals surface area contributed by atoms with Gasteiger partial charge in [0.2, 0.25) is 0 Å². The van der Waals surface area contributed by atoms with E-state index in [0.29, 0.717) is 19.3 Å². The van der Waals surface area contributed by atoms with Crippen LogP contribution in [0.2, 0.25) is 0 Å². The molecule has 6 nitrogen and oxygen atoms in total. The highest BCUT2D eigenvalue weighted by Gasteiger charge is 2.06. The Bertz CT molecular complexity index is 332. The number of carboxylic acids is 2. The smallest absolute Gasteiger partial charge is 0.303 e. The minimum Gasteiger partial charge on any atom is -0.481 e. The molecule has 0 heterocycles. The van der Waals surface area contributed by atoms with Crippen molar-refractivity contribution in [1.82, 2.24) is 0 Å². The first-order valence-electron chi connectivity index (χ1n) is 10.1. The van der Waals surface area contributed by atoms with E-state index < -0.39 is 18.0 Å². The van der Waals surface area contributed by atoms with Crippen molar-refractivity contribution in [3.05, 3.63) is 0 Å². The van der Waals surface area contributed by atoms with Crippen molar-refractivity contribution in [2.45, 2.75) is 116 Å². The molecule has 0 aromatic rings. The predicted molar refractivity (Wildman–Crippen MR) is 103 cm³/mol. The molecular weight excluding hydrogens is 336 g/mol. The molecule has 0 aliphatic carbocycles. The topological polar surface area (TPSA) is 115 Å². The number of hydrogen-bond donors (Lipinski definition) is 4. The van der Waals surface area contributed by atoms with Gasteiger partial charge in [0.25, 0.3) is 0 Å². The molecule has 26 heavy (non-hydrogen) atoms. The van der Waals surface area contributed by atoms with Gasteiger partial charge in [0.05, 0.1) is 12.2 Å². The Morgan fingerprint density at radius 2 is 1.04 bits per heavy atom. The SMILES string of the molecule is CCCCCC(O)CCCC(=O)O.CCCCCCC(O)CCC(=O)O. The molecule has 0 aromatic heterocycles. The lowest BCUT2D eigenvalue weighted by molar-refractivity contribution is -0.138. The maximum atomic E-state index is 10.2. The van der Waals surface area contributed by atoms with E-state index in [9.17, 15) is 19.8 Å². The van der Waals surface area contributed by atoms with Crippen LogP contribution in [-0.2, 0) is 9.59 Å². The second-order valence-electron chi connectivity index (χ2n) is 6.87. The molecule has 0 aliphatic heterocycles. The monoisotopic (exact) mass is 376 g/mol. The molecule has 156 valence electrons. The maximum absolute atomic E-state index is 10.2. The summed E-state index contributed by atoms with van der Waals surface area (Å²) in [6.45, 7) is 4.26. The highest BCUT2D eigenvalue weighted by Crippen LogP contribution is 2.10. The molecule has 0 aliphatic rings. The average Bonchev–Trinajstić information content (AvgIpc) is 2.57. The lowest BCUT2D eigenvalue weighted by Crippen LogP contribution is -2.09. The van der Waals surface area contributed by atoms with Crippen LogP contribution < -0.4 is 0 Å². The van der Waals surface area contributed by atoms with E-state index in [4.69, 9.17) is 10.2 Å². The molecule has 0 amide bonds. The Balaban J connectivity index is 0. The average molecular weight is 377 g/mol. The molecule has 0 spiro atoms. The minimum absolute atomic E-state index is 0.0783. The lowest BCUT2D eigenvalue weighted by atomic mass is 10.1. The van der Waals surface area contributed by atoms with Crippen LogP contribution in [-0.4, -0.2) is 44.6 Å². The molecule has 6 heteroatoms. The van der Waals surface area contributed by atoms with Crippen LogP contribution in [0.15, 0.2) is 0 Å². The third kappa shape index (κ3) is 25.1. The van der Waals surface area contributed by atoms with Crippen LogP contribution in [0.3, 0.4) is 0 Å². The predicted octanol–water partition coefficient (Wildman–Crippen LogP) is 4.37. The Labute approximate surface area is 158 Å². The zero-order chi connectivity index (χ0) is 20.2. The molecule has 0 bridgehead atoms. The van der Waals surface area contributed by atoms with E-state index in [-0.39, 0.29) is 18.9 Å². The molecule has 0 fully saturated rings. The van der Waals surface area contributed by atoms with E-state index in [1.165, 1.54) is 12.8 Å². The molecule has 0 saturated heterocycles. The fraction of sp³-hybridized carbons (Fsp3) is 0.900. The molecular formula is C20H40O6. The summed E-state index contributed by atoms with van der Waals surface area (Å²) in [6.07, 6.45) is 10.6. The van der Waals surface area contributed by atoms with E-state index >= 15 is 0 Å². The summed E-state index contributed by atoms with van der Waals surface area (Å²) < 4.78 is 0. The van der Waals surface area contributed by atoms with Gasteiger partial charge in [0.15, 0.2) is 0 Å². The van der Waals surface area contributed by atoms with Gasteiger partial charge in [0, 0.05) is 12.8 Å². The summed E-state index contributed by atoms with van der Waals surface area (Å²) >= 11 is 0. The maximum Gasteiger partial charge on any atom is 0.303 e. The Morgan fingerprint density at radius 1 is 0.615 bits per heavy atom. The van der Waals surface area contributed by atoms with Crippen molar-refractivity contribution < 1.29 is 30.0 Å². The first-order valence-corrected chi connectivity index (χ1v) is 10.1. The Hall–Kier alpha value is -1.14. The molecule has 0 saturated carbocycles. The van der Waals surface area contributed by atoms with Crippen molar-refractivity contribution in [3.63, 3.8) is 0 Å². The molecule has 2 unspecified atom stereocenters. The molecule has 2 atom stereocenters. The minimum atomic E-state index is -0.826. The second-order valence-corrected chi connectivity index (χ2v) is 6.87. The van der Waals surface area contributed by atoms with Gasteiger partial charge in [-0.3, -0.25) is 9.59 Å². The van der Waals surface area contributed by atoms with Gasteiger partial charge in [-0.25, -0.2) is 0 Å². The third-order valence-electron chi connectivity index (χ3n) is 4.15. The van der Waals surface area contributed by atoms with Gasteiger partial charge in [-0.2, -0.15) is 0 Å². The van der Waals surface area contributed by atoms with Crippen molar-refractivity contribution in [2.75, 3.05) is 0 Å². The fourth-order valence-corrected chi connectivity index (χ4v) is 2.50. The molecule has 0 rings (SSSR count). The second kappa shape index (κ2) is 20.2. The van der Waals surface area contributed by atoms with Gasteiger partial charge in [-0.05, 0) is 32.1 Å². The lowest BCUT2D eigenvalue weighted by Gasteiger charge is -2.08. The van der Waals surface area contributed by atoms with Crippen LogP contribution in [0.5, 0.6) is 0 Å². The van der Waals surface area contributed by atoms with Gasteiger partial charge >= 0.3 is 11.9 Å². The standard InChI is InChI=1S/2C10H20O3/c1-2-3-4-6-9(11)7-5-8-10(12)13;1-2-3-4-5-6-9(11)7-8-10(12)13/h2*9,11H,2-8H2,1H3,(H,12,13). The van der Waals surface area contributed by atoms with E-state index in [1.54, 1.807) is 0 Å². The van der Waals surface area contributed by atoms with Crippen molar-refractivity contribution >= 4 is 11.9 Å². The van der Waals surface area contributed by atoms with Crippen LogP contribution >= 0.6 is 0 Å². The van der Waals surface area contributed by atoms with Crippen LogP contribution in [0.25, 0.3) is 0 Å². The Morgan fingerprint density at radius 3 is 1.54 bits per heavy atom. The highest BCUT2D eigenvalue weighted by molar-refractivity contribution is 5.66. The first kappa shape index (κ1) is 27.1. The number of hydrogen-bond acceptors (Lipinski definition) is 4. The summed E-state index contributed by atoms with van der Waals surface area (Å²) in [5.74, 6) is -1.60. The van der Waals surface area contributed by atoms with Crippen LogP contribution in [0, 0.1) is 0 Å². The van der Waals surface area contributed by atoms with Gasteiger partial charge in [-0.1, -0.05) is 58.8 Å². The van der Waals surface area contributed by atoms with Crippen molar-refractivity contribution in [1.29, 1.82) is 0 Å². The van der Waals surface area contributed by atoms with Gasteiger partial charge in [0.1, 0.15) is 0 Å². The third-order valence-corrected chi connectivity index (χ3v) is 4.15. The summed E-state index contributed by atoms with van der Waals surface area (Å²) in [5, 5.41) is 35.4. The summed E-state index contributed by atoms with van der Waals surface area (Å²) in [7, 11) is 0. The Kier molecular flexibility index (Phi) is 21.0. The fourth-order valence-electron chi connectivity index (χ4n) is 2.50. The van der Waals surface area contributed by atoms with Crippen molar-refractivity contribution in [2.24, 2.45) is 0 Å². The molecule has 0 aromatic carbocycles. The highest BCUT2D eigenvalue weighted by atomic mass is 16.4. The largest absolute Gasteiger partial charge is 0.481 e. The molecule has 0 radical (unpaired) electrons. The van der Waals surface area contributed by atoms with Crippen molar-refractivity contribution in [3.8, 4) is 0 Å². The van der Waals surface area contributed by atoms with Gasteiger partial charge in [-0.15, -0.1) is 0 Å². The number of carboxylic acid groups (broad SMARTS) is 2. The number of unbranched alkanes of at least 4 members (excludes halogenated alkanes) is 5. The van der Waals surface area contributed by atoms with E-state index in [0.717, 1.165) is 44.9 Å². The van der Waals surface area contributed by atoms with E-state index in [2.05, 4.69) is 13.8 Å². The molecule has 4 N–H and O–H groups in total. The summed E-state index contributed by atoms with van der Waals surface area (Å²) in [5.41, 5.74) is 0. The zero-order valence-electron chi connectivity index (χ0n) is 16.7. The summed E-state index contributed by atoms with van der Waals surface area (Å²) in [4.78, 5) is 20.3. The zero-order valence-corrected chi connectivity index (χ0v) is 16.7. The van der Waals surface area contributed by atoms with Gasteiger partial charge < -0.3 is 20.4 Å². The number of carbonyl (C=O) groups is 2. The van der Waals surface area contributed by atoms with Crippen LogP contribution in [0.4, 0.5) is 0 Å². The first-order chi connectivity index (χ1) is 12.3. The van der Waals surface area contributed by atoms with Crippen LogP contribution in [0.1, 0.15) is 104 Å². The number of aliphatic hydroxyl groups is 2.